The van der Waals surface area contributed by atoms with Gasteiger partial charge in [0.25, 0.3) is 0 Å². The lowest BCUT2D eigenvalue weighted by atomic mass is 9.63. The number of phenolic OH excluding ortho intramolecular Hbond substituents is 1. The minimum atomic E-state index is -0.522. The topological polar surface area (TPSA) is 148 Å². The first-order chi connectivity index (χ1) is 31.1. The minimum Gasteiger partial charge on any atom is -0.508 e. The molecule has 6 atom stereocenters. The standard InChI is InChI=1S/C40H56O4.C16H8O6/c1-29(17-13-19-31(3)21-23-39-35(5,6)25-33(41)27-37(39,9)43-39)15-11-12-16-30(2)18-14-20-32(4)22-24-40-36(7,8)26-34(42)28-38(40,10)44-40;17-7-1-2-8-10(3-7)22-16(18)14-9-4-12-13(20-6-19-12)5-11(9)21-15(8)14/h11-24,33-34,41-42H,25-28H2,1-10H3;1-5,17H,6H2/b12-11+,17-13+,18-14+,23-21+,24-22+,29-15+,30-16+,31-19+,32-20+;/t33-,34-,37+,38+,39-,40-;/m0./s1. The third kappa shape index (κ3) is 8.72. The van der Waals surface area contributed by atoms with Gasteiger partial charge in [0, 0.05) is 41.2 Å². The number of rotatable bonds is 10. The average molecular weight is 897 g/mol. The van der Waals surface area contributed by atoms with Gasteiger partial charge < -0.3 is 43.1 Å². The predicted molar refractivity (Wildman–Crippen MR) is 261 cm³/mol. The van der Waals surface area contributed by atoms with Gasteiger partial charge in [-0.2, -0.15) is 0 Å². The van der Waals surface area contributed by atoms with E-state index in [1.807, 2.05) is 0 Å². The molecular weight excluding hydrogens is 833 g/mol. The van der Waals surface area contributed by atoms with Gasteiger partial charge in [0.05, 0.1) is 17.6 Å². The molecule has 2 saturated carbocycles. The number of benzene rings is 2. The van der Waals surface area contributed by atoms with Crippen LogP contribution in [0.5, 0.6) is 17.2 Å². The van der Waals surface area contributed by atoms with Gasteiger partial charge in [0.1, 0.15) is 44.7 Å². The first-order valence-electron chi connectivity index (χ1n) is 22.9. The largest absolute Gasteiger partial charge is 0.508 e. The maximum Gasteiger partial charge on any atom is 0.348 e. The van der Waals surface area contributed by atoms with Gasteiger partial charge in [-0.25, -0.2) is 4.79 Å². The van der Waals surface area contributed by atoms with Gasteiger partial charge in [0.2, 0.25) is 6.79 Å². The van der Waals surface area contributed by atoms with Gasteiger partial charge in [-0.3, -0.25) is 0 Å². The Kier molecular flexibility index (Phi) is 12.2. The molecule has 4 aromatic rings. The molecule has 0 spiro atoms. The number of aliphatic hydroxyl groups is 2. The summed E-state index contributed by atoms with van der Waals surface area (Å²) >= 11 is 0. The number of allylic oxidation sites excluding steroid dienone is 16. The van der Waals surface area contributed by atoms with Crippen LogP contribution in [-0.2, 0) is 9.47 Å². The number of aromatic hydroxyl groups is 1. The molecule has 3 aliphatic heterocycles. The van der Waals surface area contributed by atoms with Gasteiger partial charge in [-0.1, -0.05) is 123 Å². The Hall–Kier alpha value is -5.65. The number of fused-ring (bicyclic) bond motifs is 8. The molecule has 348 valence electrons. The zero-order valence-corrected chi connectivity index (χ0v) is 39.9. The Balaban J connectivity index is 0.000000221. The van der Waals surface area contributed by atoms with E-state index in [1.165, 1.54) is 34.4 Å². The van der Waals surface area contributed by atoms with Crippen LogP contribution in [0.4, 0.5) is 0 Å². The number of hydrogen-bond donors (Lipinski definition) is 3. The average Bonchev–Trinajstić information content (AvgIpc) is 3.84. The van der Waals surface area contributed by atoms with Crippen LogP contribution in [0.25, 0.3) is 32.9 Å². The molecule has 9 rings (SSSR count). The van der Waals surface area contributed by atoms with Crippen LogP contribution in [0.1, 0.15) is 94.9 Å². The van der Waals surface area contributed by atoms with E-state index in [0.29, 0.717) is 51.7 Å². The quantitative estimate of drug-likeness (QED) is 0.0798. The van der Waals surface area contributed by atoms with Gasteiger partial charge in [-0.15, -0.1) is 0 Å². The maximum absolute atomic E-state index is 12.3. The van der Waals surface area contributed by atoms with Crippen LogP contribution in [0, 0.1) is 10.8 Å². The lowest BCUT2D eigenvalue weighted by Crippen LogP contribution is -2.46. The van der Waals surface area contributed by atoms with Crippen molar-refractivity contribution < 1.29 is 43.1 Å². The van der Waals surface area contributed by atoms with Crippen molar-refractivity contribution in [2.24, 2.45) is 10.8 Å². The molecule has 2 aliphatic carbocycles. The summed E-state index contributed by atoms with van der Waals surface area (Å²) in [5, 5.41) is 31.6. The van der Waals surface area contributed by atoms with Crippen molar-refractivity contribution in [3.63, 3.8) is 0 Å². The van der Waals surface area contributed by atoms with Crippen LogP contribution < -0.4 is 15.1 Å². The molecule has 10 nitrogen and oxygen atoms in total. The monoisotopic (exact) mass is 896 g/mol. The Bertz CT molecular complexity index is 2800. The molecule has 3 N–H and O–H groups in total. The van der Waals surface area contributed by atoms with Crippen molar-refractivity contribution in [2.75, 3.05) is 6.79 Å². The molecule has 66 heavy (non-hydrogen) atoms. The summed E-state index contributed by atoms with van der Waals surface area (Å²) in [5.74, 6) is 1.17. The third-order valence-electron chi connectivity index (χ3n) is 14.2. The smallest absolute Gasteiger partial charge is 0.348 e. The molecular formula is C56H64O10. The van der Waals surface area contributed by atoms with Crippen LogP contribution in [0.3, 0.4) is 0 Å². The van der Waals surface area contributed by atoms with Gasteiger partial charge >= 0.3 is 5.63 Å². The van der Waals surface area contributed by atoms with Crippen molar-refractivity contribution in [1.29, 1.82) is 0 Å². The Labute approximate surface area is 387 Å². The van der Waals surface area contributed by atoms with E-state index in [2.05, 4.69) is 154 Å². The minimum absolute atomic E-state index is 0.0203. The normalized spacial score (nSPS) is 30.6. The number of furan rings is 1. The second kappa shape index (κ2) is 17.2. The fraction of sp³-hybridized carbons (Fsp3) is 0.411. The zero-order valence-electron chi connectivity index (χ0n) is 39.9. The van der Waals surface area contributed by atoms with Crippen LogP contribution >= 0.6 is 0 Å². The number of ether oxygens (including phenoxy) is 4. The van der Waals surface area contributed by atoms with Crippen LogP contribution in [0.2, 0.25) is 0 Å². The van der Waals surface area contributed by atoms with Crippen molar-refractivity contribution in [3.05, 3.63) is 148 Å². The first-order valence-corrected chi connectivity index (χ1v) is 22.9. The molecule has 0 unspecified atom stereocenters. The number of aliphatic hydroxyl groups excluding tert-OH is 2. The lowest BCUT2D eigenvalue weighted by molar-refractivity contribution is 0.0510. The van der Waals surface area contributed by atoms with Crippen molar-refractivity contribution in [2.45, 2.75) is 130 Å². The highest BCUT2D eigenvalue weighted by Crippen LogP contribution is 2.67. The summed E-state index contributed by atoms with van der Waals surface area (Å²) in [7, 11) is 0. The highest BCUT2D eigenvalue weighted by Gasteiger charge is 2.75. The van der Waals surface area contributed by atoms with Gasteiger partial charge in [-0.05, 0) is 84.7 Å². The van der Waals surface area contributed by atoms with Crippen molar-refractivity contribution in [1.82, 2.24) is 0 Å². The maximum atomic E-state index is 12.3. The summed E-state index contributed by atoms with van der Waals surface area (Å²) in [5.41, 5.74) is 4.05. The number of epoxide rings is 2. The number of hydrogen-bond acceptors (Lipinski definition) is 10. The molecule has 0 radical (unpaired) electrons. The van der Waals surface area contributed by atoms with Gasteiger partial charge in [0.15, 0.2) is 17.1 Å². The summed E-state index contributed by atoms with van der Waals surface area (Å²) in [6.45, 7) is 21.6. The molecule has 5 heterocycles. The van der Waals surface area contributed by atoms with E-state index in [1.54, 1.807) is 18.2 Å². The molecule has 0 bridgehead atoms. The van der Waals surface area contributed by atoms with E-state index in [0.717, 1.165) is 12.8 Å². The second-order valence-corrected chi connectivity index (χ2v) is 20.5. The Morgan fingerprint density at radius 1 is 0.591 bits per heavy atom. The number of phenols is 1. The van der Waals surface area contributed by atoms with Crippen LogP contribution in [-0.4, -0.2) is 56.7 Å². The van der Waals surface area contributed by atoms with E-state index in [4.69, 9.17) is 27.8 Å². The van der Waals surface area contributed by atoms with E-state index in [9.17, 15) is 20.1 Å². The SMILES string of the molecule is CC(/C=C/C=C(C)/C=C/[C@@]12O[C@]1(C)C[C@@H](O)CC2(C)C)=C\C=C\C=C(C)\C=C\C=C(C)\C=C\[C@@]12O[C@]1(C)C[C@@H](O)CC2(C)C.O=c1oc2cc(O)ccc2c2oc3cc4c(cc3c12)OCO4. The Morgan fingerprint density at radius 3 is 1.58 bits per heavy atom. The molecule has 5 aliphatic rings. The van der Waals surface area contributed by atoms with Crippen LogP contribution in [0.15, 0.2) is 151 Å². The molecule has 4 fully saturated rings. The highest BCUT2D eigenvalue weighted by molar-refractivity contribution is 6.13. The van der Waals surface area contributed by atoms with E-state index >= 15 is 0 Å². The highest BCUT2D eigenvalue weighted by atomic mass is 16.7. The Morgan fingerprint density at radius 2 is 1.06 bits per heavy atom. The van der Waals surface area contributed by atoms with E-state index < -0.39 is 5.63 Å². The molecule has 2 saturated heterocycles. The summed E-state index contributed by atoms with van der Waals surface area (Å²) in [4.78, 5) is 12.3. The van der Waals surface area contributed by atoms with E-state index in [-0.39, 0.29) is 63.6 Å². The molecule has 2 aromatic heterocycles. The first kappa shape index (κ1) is 46.9. The fourth-order valence-electron chi connectivity index (χ4n) is 10.8. The summed E-state index contributed by atoms with van der Waals surface area (Å²) in [6, 6.07) is 7.96. The molecule has 0 amide bonds. The summed E-state index contributed by atoms with van der Waals surface area (Å²) < 4.78 is 34.3. The second-order valence-electron chi connectivity index (χ2n) is 20.5. The molecule has 2 aromatic carbocycles. The fourth-order valence-corrected chi connectivity index (χ4v) is 10.8. The zero-order chi connectivity index (χ0) is 47.5. The predicted octanol–water partition coefficient (Wildman–Crippen LogP) is 12.1. The lowest BCUT2D eigenvalue weighted by Gasteiger charge is -2.39. The van der Waals surface area contributed by atoms with Crippen molar-refractivity contribution >= 4 is 32.9 Å². The molecule has 10 heteroatoms. The van der Waals surface area contributed by atoms with Crippen molar-refractivity contribution in [3.8, 4) is 17.2 Å². The third-order valence-corrected chi connectivity index (χ3v) is 14.2. The summed E-state index contributed by atoms with van der Waals surface area (Å²) in [6.07, 6.45) is 32.0.